The van der Waals surface area contributed by atoms with Crippen molar-refractivity contribution in [2.24, 2.45) is 0 Å². The fourth-order valence-corrected chi connectivity index (χ4v) is 2.53. The van der Waals surface area contributed by atoms with Crippen LogP contribution in [0.25, 0.3) is 10.2 Å². The van der Waals surface area contributed by atoms with Crippen molar-refractivity contribution >= 4 is 38.9 Å². The second kappa shape index (κ2) is 4.29. The van der Waals surface area contributed by atoms with Gasteiger partial charge in [0.1, 0.15) is 10.9 Å². The normalized spacial score (nSPS) is 10.8. The van der Waals surface area contributed by atoms with Crippen molar-refractivity contribution in [3.05, 3.63) is 28.2 Å². The van der Waals surface area contributed by atoms with Crippen molar-refractivity contribution in [2.45, 2.75) is 19.8 Å². The van der Waals surface area contributed by atoms with E-state index in [1.54, 1.807) is 24.3 Å². The predicted octanol–water partition coefficient (Wildman–Crippen LogP) is 3.47. The van der Waals surface area contributed by atoms with E-state index in [0.29, 0.717) is 11.6 Å². The second-order valence-corrected chi connectivity index (χ2v) is 4.99. The highest BCUT2D eigenvalue weighted by Crippen LogP contribution is 2.26. The van der Waals surface area contributed by atoms with Gasteiger partial charge < -0.3 is 4.79 Å². The van der Waals surface area contributed by atoms with Crippen LogP contribution in [0.1, 0.15) is 18.2 Å². The molecule has 0 fully saturated rings. The fraction of sp³-hybridized carbons (Fsp3) is 0.273. The summed E-state index contributed by atoms with van der Waals surface area (Å²) in [4.78, 5) is 16.3. The number of aryl methyl sites for hydroxylation is 1. The van der Waals surface area contributed by atoms with Gasteiger partial charge in [-0.25, -0.2) is 4.98 Å². The van der Waals surface area contributed by atoms with E-state index in [4.69, 9.17) is 11.6 Å². The lowest BCUT2D eigenvalue weighted by atomic mass is 10.2. The number of thiophene rings is 1. The number of Topliss-reactive ketones (excluding diaryl/α,β-unsaturated/α-hetero) is 1. The molecule has 78 valence electrons. The average molecular weight is 240 g/mol. The Bertz CT molecular complexity index is 506. The van der Waals surface area contributed by atoms with E-state index in [-0.39, 0.29) is 5.78 Å². The summed E-state index contributed by atoms with van der Waals surface area (Å²) in [5.41, 5.74) is 0.922. The van der Waals surface area contributed by atoms with Crippen LogP contribution in [0.4, 0.5) is 0 Å². The lowest BCUT2D eigenvalue weighted by molar-refractivity contribution is -0.116. The summed E-state index contributed by atoms with van der Waals surface area (Å²) in [6.07, 6.45) is 1.40. The fourth-order valence-electron chi connectivity index (χ4n) is 1.37. The minimum atomic E-state index is 0.221. The Morgan fingerprint density at radius 2 is 2.33 bits per heavy atom. The van der Waals surface area contributed by atoms with Crippen molar-refractivity contribution in [3.8, 4) is 0 Å². The van der Waals surface area contributed by atoms with E-state index in [9.17, 15) is 4.79 Å². The molecule has 0 spiro atoms. The number of pyridine rings is 1. The number of rotatable bonds is 3. The van der Waals surface area contributed by atoms with Gasteiger partial charge in [-0.2, -0.15) is 0 Å². The SMILES string of the molecule is CC(=O)CCc1cc2nc(Cl)ccc2s1. The van der Waals surface area contributed by atoms with Crippen LogP contribution < -0.4 is 0 Å². The summed E-state index contributed by atoms with van der Waals surface area (Å²) in [5, 5.41) is 0.512. The topological polar surface area (TPSA) is 30.0 Å². The van der Waals surface area contributed by atoms with Crippen molar-refractivity contribution in [3.63, 3.8) is 0 Å². The largest absolute Gasteiger partial charge is 0.300 e. The van der Waals surface area contributed by atoms with Crippen LogP contribution in [0.3, 0.4) is 0 Å². The Hall–Kier alpha value is -0.930. The third kappa shape index (κ3) is 2.55. The van der Waals surface area contributed by atoms with Gasteiger partial charge in [0, 0.05) is 11.3 Å². The monoisotopic (exact) mass is 239 g/mol. The van der Waals surface area contributed by atoms with E-state index >= 15 is 0 Å². The predicted molar refractivity (Wildman–Crippen MR) is 63.6 cm³/mol. The van der Waals surface area contributed by atoms with E-state index in [1.165, 1.54) is 4.88 Å². The Morgan fingerprint density at radius 3 is 3.07 bits per heavy atom. The molecule has 0 aliphatic heterocycles. The zero-order valence-electron chi connectivity index (χ0n) is 8.29. The third-order valence-electron chi connectivity index (χ3n) is 2.11. The number of fused-ring (bicyclic) bond motifs is 1. The smallest absolute Gasteiger partial charge is 0.130 e. The van der Waals surface area contributed by atoms with Gasteiger partial charge in [-0.15, -0.1) is 11.3 Å². The van der Waals surface area contributed by atoms with Crippen molar-refractivity contribution in [1.29, 1.82) is 0 Å². The van der Waals surface area contributed by atoms with Crippen molar-refractivity contribution in [2.75, 3.05) is 0 Å². The highest BCUT2D eigenvalue weighted by molar-refractivity contribution is 7.19. The number of halogens is 1. The number of carbonyl (C=O) groups is 1. The summed E-state index contributed by atoms with van der Waals surface area (Å²) in [6.45, 7) is 1.61. The number of hydrogen-bond acceptors (Lipinski definition) is 3. The summed E-state index contributed by atoms with van der Waals surface area (Å²) in [5.74, 6) is 0.221. The molecule has 4 heteroatoms. The molecule has 0 unspecified atom stereocenters. The van der Waals surface area contributed by atoms with Gasteiger partial charge in [0.2, 0.25) is 0 Å². The summed E-state index contributed by atoms with van der Waals surface area (Å²) >= 11 is 7.47. The first-order valence-corrected chi connectivity index (χ1v) is 5.89. The highest BCUT2D eigenvalue weighted by Gasteiger charge is 2.04. The molecule has 2 aromatic heterocycles. The Morgan fingerprint density at radius 1 is 1.53 bits per heavy atom. The van der Waals surface area contributed by atoms with Crippen LogP contribution in [0.15, 0.2) is 18.2 Å². The first kappa shape index (κ1) is 10.6. The number of aromatic nitrogens is 1. The molecule has 0 aromatic carbocycles. The first-order valence-electron chi connectivity index (χ1n) is 4.69. The van der Waals surface area contributed by atoms with Gasteiger partial charge in [0.15, 0.2) is 0 Å². The molecule has 0 saturated carbocycles. The van der Waals surface area contributed by atoms with Gasteiger partial charge in [-0.05, 0) is 31.5 Å². The number of hydrogen-bond donors (Lipinski definition) is 0. The molecule has 0 amide bonds. The van der Waals surface area contributed by atoms with E-state index in [2.05, 4.69) is 4.98 Å². The van der Waals surface area contributed by atoms with E-state index < -0.39 is 0 Å². The van der Waals surface area contributed by atoms with Crippen LogP contribution >= 0.6 is 22.9 Å². The molecule has 0 atom stereocenters. The molecule has 2 nitrogen and oxygen atoms in total. The molecule has 0 bridgehead atoms. The number of ketones is 1. The highest BCUT2D eigenvalue weighted by atomic mass is 35.5. The summed E-state index contributed by atoms with van der Waals surface area (Å²) < 4.78 is 1.12. The van der Waals surface area contributed by atoms with Gasteiger partial charge >= 0.3 is 0 Å². The lowest BCUT2D eigenvalue weighted by Crippen LogP contribution is -1.91. The number of nitrogens with zero attached hydrogens (tertiary/aromatic N) is 1. The third-order valence-corrected chi connectivity index (χ3v) is 3.47. The Balaban J connectivity index is 2.27. The molecule has 2 heterocycles. The van der Waals surface area contributed by atoms with E-state index in [0.717, 1.165) is 16.6 Å². The second-order valence-electron chi connectivity index (χ2n) is 3.43. The molecule has 2 aromatic rings. The lowest BCUT2D eigenvalue weighted by Gasteiger charge is -1.90. The molecule has 0 radical (unpaired) electrons. The van der Waals surface area contributed by atoms with Gasteiger partial charge in [0.25, 0.3) is 0 Å². The molecule has 0 aliphatic carbocycles. The quantitative estimate of drug-likeness (QED) is 0.768. The van der Waals surface area contributed by atoms with Gasteiger partial charge in [0.05, 0.1) is 10.2 Å². The van der Waals surface area contributed by atoms with E-state index in [1.807, 2.05) is 12.1 Å². The van der Waals surface area contributed by atoms with Gasteiger partial charge in [-0.3, -0.25) is 0 Å². The van der Waals surface area contributed by atoms with Crippen LogP contribution in [0.2, 0.25) is 5.15 Å². The maximum Gasteiger partial charge on any atom is 0.130 e. The minimum absolute atomic E-state index is 0.221. The van der Waals surface area contributed by atoms with Crippen molar-refractivity contribution in [1.82, 2.24) is 4.98 Å². The maximum atomic E-state index is 10.9. The molecule has 2 rings (SSSR count). The molecular weight excluding hydrogens is 230 g/mol. The van der Waals surface area contributed by atoms with Crippen LogP contribution in [0.5, 0.6) is 0 Å². The molecular formula is C11H10ClNOS. The average Bonchev–Trinajstić information content (AvgIpc) is 2.56. The first-order chi connectivity index (χ1) is 7.15. The maximum absolute atomic E-state index is 10.9. The van der Waals surface area contributed by atoms with Crippen LogP contribution in [0, 0.1) is 0 Å². The Kier molecular flexibility index (Phi) is 3.03. The summed E-state index contributed by atoms with van der Waals surface area (Å²) in [6, 6.07) is 5.76. The zero-order chi connectivity index (χ0) is 10.8. The van der Waals surface area contributed by atoms with Crippen LogP contribution in [-0.2, 0) is 11.2 Å². The number of carbonyl (C=O) groups excluding carboxylic acids is 1. The summed E-state index contributed by atoms with van der Waals surface area (Å²) in [7, 11) is 0. The van der Waals surface area contributed by atoms with Crippen molar-refractivity contribution < 1.29 is 4.79 Å². The molecule has 0 aliphatic rings. The Labute approximate surface area is 96.9 Å². The van der Waals surface area contributed by atoms with Gasteiger partial charge in [-0.1, -0.05) is 11.6 Å². The molecule has 0 saturated heterocycles. The van der Waals surface area contributed by atoms with Crippen LogP contribution in [-0.4, -0.2) is 10.8 Å². The molecule has 0 N–H and O–H groups in total. The molecule has 15 heavy (non-hydrogen) atoms. The standard InChI is InChI=1S/C11H10ClNOS/c1-7(14)2-3-8-6-9-10(15-8)4-5-11(12)13-9/h4-6H,2-3H2,1H3. The zero-order valence-corrected chi connectivity index (χ0v) is 9.86. The minimum Gasteiger partial charge on any atom is -0.300 e.